The number of nitrogens with zero attached hydrogens (tertiary/aromatic N) is 2. The monoisotopic (exact) mass is 318 g/mol. The molecule has 2 aromatic heterocycles. The Hall–Kier alpha value is -2.47. The molecule has 0 radical (unpaired) electrons. The Balaban J connectivity index is 2.08. The number of aryl methyl sites for hydroxylation is 1. The molecule has 0 atom stereocenters. The fourth-order valence-corrected chi connectivity index (χ4v) is 2.49. The fraction of sp³-hybridized carbons (Fsp3) is 0.200. The predicted molar refractivity (Wildman–Crippen MR) is 86.5 cm³/mol. The number of rotatable bonds is 4. The van der Waals surface area contributed by atoms with Crippen LogP contribution in [-0.2, 0) is 0 Å². The van der Waals surface area contributed by atoms with Crippen LogP contribution in [0.1, 0.15) is 5.69 Å². The highest BCUT2D eigenvalue weighted by Crippen LogP contribution is 2.37. The third-order valence-corrected chi connectivity index (χ3v) is 3.58. The number of aromatic nitrogens is 3. The number of H-pyrrole nitrogens is 1. The normalized spacial score (nSPS) is 10.7. The Labute approximate surface area is 132 Å². The maximum absolute atomic E-state index is 6.12. The highest BCUT2D eigenvalue weighted by Gasteiger charge is 2.13. The minimum atomic E-state index is 0.482. The molecule has 0 spiro atoms. The van der Waals surface area contributed by atoms with Crippen molar-refractivity contribution in [1.82, 2.24) is 15.0 Å². The lowest BCUT2D eigenvalue weighted by Crippen LogP contribution is -1.99. The van der Waals surface area contributed by atoms with Crippen molar-refractivity contribution >= 4 is 34.1 Å². The van der Waals surface area contributed by atoms with E-state index in [1.807, 2.05) is 13.0 Å². The SMILES string of the molecule is COc1cc(Nc2ncnc3[nH]c(C)cc23)c(OC)cc1Cl. The van der Waals surface area contributed by atoms with Gasteiger partial charge in [0.25, 0.3) is 0 Å². The number of aromatic amines is 1. The topological polar surface area (TPSA) is 72.1 Å². The number of halogens is 1. The van der Waals surface area contributed by atoms with Gasteiger partial charge in [0.05, 0.1) is 30.3 Å². The molecule has 6 nitrogen and oxygen atoms in total. The van der Waals surface area contributed by atoms with Gasteiger partial charge in [-0.1, -0.05) is 11.6 Å². The van der Waals surface area contributed by atoms with Crippen molar-refractivity contribution < 1.29 is 9.47 Å². The third-order valence-electron chi connectivity index (χ3n) is 3.29. The van der Waals surface area contributed by atoms with Gasteiger partial charge in [-0.2, -0.15) is 0 Å². The molecule has 0 fully saturated rings. The second-order valence-corrected chi connectivity index (χ2v) is 5.16. The Kier molecular flexibility index (Phi) is 3.77. The minimum absolute atomic E-state index is 0.482. The van der Waals surface area contributed by atoms with Crippen molar-refractivity contribution in [1.29, 1.82) is 0 Å². The van der Waals surface area contributed by atoms with E-state index >= 15 is 0 Å². The van der Waals surface area contributed by atoms with E-state index in [0.29, 0.717) is 28.0 Å². The molecule has 114 valence electrons. The van der Waals surface area contributed by atoms with Crippen LogP contribution in [0, 0.1) is 6.92 Å². The molecule has 7 heteroatoms. The Bertz CT molecular complexity index is 832. The van der Waals surface area contributed by atoms with Crippen LogP contribution >= 0.6 is 11.6 Å². The molecule has 0 bridgehead atoms. The smallest absolute Gasteiger partial charge is 0.144 e. The molecule has 3 rings (SSSR count). The van der Waals surface area contributed by atoms with Gasteiger partial charge in [-0.05, 0) is 13.0 Å². The van der Waals surface area contributed by atoms with Crippen molar-refractivity contribution in [2.24, 2.45) is 0 Å². The second kappa shape index (κ2) is 5.73. The summed E-state index contributed by atoms with van der Waals surface area (Å²) in [6.45, 7) is 1.97. The van der Waals surface area contributed by atoms with E-state index in [2.05, 4.69) is 20.3 Å². The molecule has 2 N–H and O–H groups in total. The summed E-state index contributed by atoms with van der Waals surface area (Å²) in [5.74, 6) is 1.84. The van der Waals surface area contributed by atoms with Crippen molar-refractivity contribution in [2.45, 2.75) is 6.92 Å². The number of hydrogen-bond acceptors (Lipinski definition) is 5. The predicted octanol–water partition coefficient (Wildman–Crippen LogP) is 3.68. The summed E-state index contributed by atoms with van der Waals surface area (Å²) >= 11 is 6.12. The summed E-state index contributed by atoms with van der Waals surface area (Å²) in [7, 11) is 3.15. The van der Waals surface area contributed by atoms with Crippen molar-refractivity contribution in [2.75, 3.05) is 19.5 Å². The van der Waals surface area contributed by atoms with Crippen LogP contribution in [0.2, 0.25) is 5.02 Å². The molecule has 0 amide bonds. The molecular weight excluding hydrogens is 304 g/mol. The lowest BCUT2D eigenvalue weighted by molar-refractivity contribution is 0.405. The molecule has 0 aliphatic rings. The maximum atomic E-state index is 6.12. The van der Waals surface area contributed by atoms with Crippen LogP contribution in [0.3, 0.4) is 0 Å². The van der Waals surface area contributed by atoms with Crippen molar-refractivity contribution in [3.8, 4) is 11.5 Å². The number of anilines is 2. The zero-order valence-electron chi connectivity index (χ0n) is 12.4. The standard InChI is InChI=1S/C15H15ClN4O2/c1-8-4-9-14(19-8)17-7-18-15(9)20-11-6-12(21-2)10(16)5-13(11)22-3/h4-7H,1-3H3,(H2,17,18,19,20). The summed E-state index contributed by atoms with van der Waals surface area (Å²) in [6, 6.07) is 5.45. The Morgan fingerprint density at radius 3 is 2.59 bits per heavy atom. The average molecular weight is 319 g/mol. The van der Waals surface area contributed by atoms with Crippen LogP contribution in [0.15, 0.2) is 24.5 Å². The summed E-state index contributed by atoms with van der Waals surface area (Å²) in [5.41, 5.74) is 2.50. The highest BCUT2D eigenvalue weighted by atomic mass is 35.5. The second-order valence-electron chi connectivity index (χ2n) is 4.75. The number of hydrogen-bond donors (Lipinski definition) is 2. The molecule has 3 aromatic rings. The number of nitrogens with one attached hydrogen (secondary N) is 2. The average Bonchev–Trinajstić information content (AvgIpc) is 2.89. The van der Waals surface area contributed by atoms with Crippen LogP contribution in [0.4, 0.5) is 11.5 Å². The first-order valence-electron chi connectivity index (χ1n) is 6.61. The summed E-state index contributed by atoms with van der Waals surface area (Å²) in [5, 5.41) is 4.63. The molecule has 2 heterocycles. The van der Waals surface area contributed by atoms with Gasteiger partial charge < -0.3 is 19.8 Å². The van der Waals surface area contributed by atoms with E-state index in [9.17, 15) is 0 Å². The first-order chi connectivity index (χ1) is 10.6. The number of ether oxygens (including phenoxy) is 2. The van der Waals surface area contributed by atoms with E-state index in [-0.39, 0.29) is 0 Å². The summed E-state index contributed by atoms with van der Waals surface area (Å²) in [6.07, 6.45) is 1.50. The first-order valence-corrected chi connectivity index (χ1v) is 6.99. The fourth-order valence-electron chi connectivity index (χ4n) is 2.26. The zero-order chi connectivity index (χ0) is 15.7. The van der Waals surface area contributed by atoms with Crippen LogP contribution < -0.4 is 14.8 Å². The van der Waals surface area contributed by atoms with Gasteiger partial charge in [0.1, 0.15) is 29.3 Å². The van der Waals surface area contributed by atoms with Crippen molar-refractivity contribution in [3.63, 3.8) is 0 Å². The Morgan fingerprint density at radius 2 is 1.86 bits per heavy atom. The third kappa shape index (κ3) is 2.53. The van der Waals surface area contributed by atoms with Gasteiger partial charge in [0.15, 0.2) is 0 Å². The van der Waals surface area contributed by atoms with Gasteiger partial charge in [-0.3, -0.25) is 0 Å². The number of benzene rings is 1. The number of fused-ring (bicyclic) bond motifs is 1. The zero-order valence-corrected chi connectivity index (χ0v) is 13.2. The van der Waals surface area contributed by atoms with E-state index in [4.69, 9.17) is 21.1 Å². The Morgan fingerprint density at radius 1 is 1.09 bits per heavy atom. The van der Waals surface area contributed by atoms with Gasteiger partial charge in [-0.15, -0.1) is 0 Å². The first kappa shape index (κ1) is 14.5. The molecular formula is C15H15ClN4O2. The molecule has 1 aromatic carbocycles. The lowest BCUT2D eigenvalue weighted by atomic mass is 10.2. The molecule has 0 aliphatic heterocycles. The van der Waals surface area contributed by atoms with Gasteiger partial charge in [0.2, 0.25) is 0 Å². The van der Waals surface area contributed by atoms with Gasteiger partial charge in [0, 0.05) is 17.8 Å². The molecule has 0 saturated heterocycles. The van der Waals surface area contributed by atoms with Crippen LogP contribution in [0.5, 0.6) is 11.5 Å². The van der Waals surface area contributed by atoms with Crippen molar-refractivity contribution in [3.05, 3.63) is 35.2 Å². The van der Waals surface area contributed by atoms with Crippen LogP contribution in [-0.4, -0.2) is 29.2 Å². The van der Waals surface area contributed by atoms with Gasteiger partial charge >= 0.3 is 0 Å². The van der Waals surface area contributed by atoms with Gasteiger partial charge in [-0.25, -0.2) is 9.97 Å². The largest absolute Gasteiger partial charge is 0.495 e. The molecule has 0 saturated carbocycles. The lowest BCUT2D eigenvalue weighted by Gasteiger charge is -2.13. The molecule has 0 aliphatic carbocycles. The van der Waals surface area contributed by atoms with E-state index in [0.717, 1.165) is 16.7 Å². The van der Waals surface area contributed by atoms with E-state index < -0.39 is 0 Å². The number of methoxy groups -OCH3 is 2. The summed E-state index contributed by atoms with van der Waals surface area (Å²) in [4.78, 5) is 11.7. The highest BCUT2D eigenvalue weighted by molar-refractivity contribution is 6.32. The van der Waals surface area contributed by atoms with E-state index in [1.54, 1.807) is 26.4 Å². The van der Waals surface area contributed by atoms with E-state index in [1.165, 1.54) is 6.33 Å². The maximum Gasteiger partial charge on any atom is 0.144 e. The molecule has 0 unspecified atom stereocenters. The van der Waals surface area contributed by atoms with Crippen LogP contribution in [0.25, 0.3) is 11.0 Å². The quantitative estimate of drug-likeness (QED) is 0.767. The molecule has 22 heavy (non-hydrogen) atoms. The minimum Gasteiger partial charge on any atom is -0.495 e. The summed E-state index contributed by atoms with van der Waals surface area (Å²) < 4.78 is 10.6.